The first-order valence-corrected chi connectivity index (χ1v) is 10.0. The summed E-state index contributed by atoms with van der Waals surface area (Å²) in [6.45, 7) is 1.05. The third kappa shape index (κ3) is 2.20. The number of aromatic nitrogens is 1. The van der Waals surface area contributed by atoms with E-state index < -0.39 is 18.0 Å². The van der Waals surface area contributed by atoms with E-state index >= 15 is 0 Å². The number of rotatable bonds is 2. The molecule has 3 unspecified atom stereocenters. The Morgan fingerprint density at radius 2 is 1.90 bits per heavy atom. The van der Waals surface area contributed by atoms with Gasteiger partial charge < -0.3 is 10.0 Å². The Morgan fingerprint density at radius 1 is 1.13 bits per heavy atom. The number of likely N-dealkylation sites (tertiary alicyclic amines) is 1. The van der Waals surface area contributed by atoms with Crippen molar-refractivity contribution >= 4 is 40.4 Å². The first-order chi connectivity index (χ1) is 14.5. The van der Waals surface area contributed by atoms with Crippen LogP contribution in [0.5, 0.6) is 0 Å². The second-order valence-electron chi connectivity index (χ2n) is 8.44. The fourth-order valence-electron chi connectivity index (χ4n) is 5.54. The van der Waals surface area contributed by atoms with Gasteiger partial charge in [-0.25, -0.2) is 4.79 Å². The summed E-state index contributed by atoms with van der Waals surface area (Å²) in [7, 11) is 0. The summed E-state index contributed by atoms with van der Waals surface area (Å²) in [6.07, 6.45) is 1.25. The molecule has 3 aliphatic heterocycles. The van der Waals surface area contributed by atoms with Gasteiger partial charge in [0.1, 0.15) is 6.04 Å². The van der Waals surface area contributed by atoms with E-state index in [1.807, 2.05) is 6.07 Å². The number of anilines is 1. The fourth-order valence-corrected chi connectivity index (χ4v) is 5.54. The Kier molecular flexibility index (Phi) is 3.35. The van der Waals surface area contributed by atoms with Crippen molar-refractivity contribution in [2.45, 2.75) is 24.8 Å². The van der Waals surface area contributed by atoms with Gasteiger partial charge in [0.05, 0.1) is 16.8 Å². The molecular formula is C21H18N4O5. The highest BCUT2D eigenvalue weighted by molar-refractivity contribution is 6.27. The standard InChI is InChI=1S/C21H18N4O5/c26-15-4-3-14(19(27)23-15)25-13-5-6-22-18-9(1-2-10(17(13)18)20(25)28)16-11-7-24(21(29)30)8-12(11)16/h1-2,5-6,11-12,14,16H,3-4,7-8H2,(H,29,30)(H,23,26,27). The van der Waals surface area contributed by atoms with Crippen molar-refractivity contribution in [1.29, 1.82) is 0 Å². The van der Waals surface area contributed by atoms with E-state index in [4.69, 9.17) is 0 Å². The third-order valence-electron chi connectivity index (χ3n) is 6.96. The van der Waals surface area contributed by atoms with E-state index in [-0.39, 0.29) is 36.0 Å². The number of pyridine rings is 1. The minimum absolute atomic E-state index is 0.196. The van der Waals surface area contributed by atoms with Crippen LogP contribution in [0.2, 0.25) is 0 Å². The Hall–Kier alpha value is -3.49. The average Bonchev–Trinajstić information content (AvgIpc) is 3.05. The van der Waals surface area contributed by atoms with Gasteiger partial charge >= 0.3 is 6.09 Å². The molecule has 1 saturated carbocycles. The van der Waals surface area contributed by atoms with Crippen LogP contribution >= 0.6 is 0 Å². The van der Waals surface area contributed by atoms with E-state index in [2.05, 4.69) is 10.3 Å². The maximum Gasteiger partial charge on any atom is 0.407 e. The van der Waals surface area contributed by atoms with E-state index in [9.17, 15) is 24.3 Å². The molecule has 4 aliphatic rings. The number of carbonyl (C=O) groups excluding carboxylic acids is 3. The molecule has 9 heteroatoms. The molecule has 1 aliphatic carbocycles. The van der Waals surface area contributed by atoms with Gasteiger partial charge in [-0.1, -0.05) is 6.07 Å². The van der Waals surface area contributed by atoms with Crippen LogP contribution in [0.1, 0.15) is 34.7 Å². The molecule has 4 amide bonds. The largest absolute Gasteiger partial charge is 0.465 e. The van der Waals surface area contributed by atoms with Gasteiger partial charge in [-0.05, 0) is 41.9 Å². The lowest BCUT2D eigenvalue weighted by Crippen LogP contribution is -2.53. The predicted molar refractivity (Wildman–Crippen MR) is 104 cm³/mol. The lowest BCUT2D eigenvalue weighted by atomic mass is 9.99. The lowest BCUT2D eigenvalue weighted by molar-refractivity contribution is -0.134. The van der Waals surface area contributed by atoms with E-state index in [1.54, 1.807) is 18.3 Å². The lowest BCUT2D eigenvalue weighted by Gasteiger charge is -2.30. The SMILES string of the molecule is O=C1CCC(N2C(=O)c3ccc(C4C5CN(C(=O)O)CC54)c4nccc2c34)C(=O)N1. The second kappa shape index (κ2) is 5.78. The average molecular weight is 406 g/mol. The Labute approximate surface area is 170 Å². The van der Waals surface area contributed by atoms with Crippen molar-refractivity contribution in [3.63, 3.8) is 0 Å². The van der Waals surface area contributed by atoms with Crippen LogP contribution in [0.4, 0.5) is 10.5 Å². The number of hydrogen-bond acceptors (Lipinski definition) is 5. The summed E-state index contributed by atoms with van der Waals surface area (Å²) in [4.78, 5) is 55.8. The van der Waals surface area contributed by atoms with Crippen LogP contribution in [-0.4, -0.2) is 57.9 Å². The maximum absolute atomic E-state index is 13.2. The summed E-state index contributed by atoms with van der Waals surface area (Å²) >= 11 is 0. The van der Waals surface area contributed by atoms with Crippen LogP contribution in [0.25, 0.3) is 10.9 Å². The Balaban J connectivity index is 1.39. The zero-order chi connectivity index (χ0) is 20.7. The molecule has 30 heavy (non-hydrogen) atoms. The van der Waals surface area contributed by atoms with Crippen LogP contribution in [0.15, 0.2) is 24.4 Å². The van der Waals surface area contributed by atoms with Crippen molar-refractivity contribution in [2.24, 2.45) is 11.8 Å². The summed E-state index contributed by atoms with van der Waals surface area (Å²) in [6, 6.07) is 4.74. The van der Waals surface area contributed by atoms with Crippen molar-refractivity contribution in [3.8, 4) is 0 Å². The number of amides is 4. The molecule has 1 aromatic heterocycles. The normalized spacial score (nSPS) is 29.4. The summed E-state index contributed by atoms with van der Waals surface area (Å²) in [5.74, 6) is -0.234. The summed E-state index contributed by atoms with van der Waals surface area (Å²) < 4.78 is 0. The molecule has 1 aromatic carbocycles. The Bertz CT molecular complexity index is 1170. The van der Waals surface area contributed by atoms with Gasteiger partial charge in [0.25, 0.3) is 5.91 Å². The van der Waals surface area contributed by atoms with Gasteiger partial charge in [-0.15, -0.1) is 0 Å². The zero-order valence-electron chi connectivity index (χ0n) is 15.9. The number of hydrogen-bond donors (Lipinski definition) is 2. The molecule has 152 valence electrons. The number of fused-ring (bicyclic) bond motifs is 1. The molecule has 2 N–H and O–H groups in total. The van der Waals surface area contributed by atoms with Crippen LogP contribution in [0.3, 0.4) is 0 Å². The van der Waals surface area contributed by atoms with Gasteiger partial charge in [0.15, 0.2) is 0 Å². The molecule has 6 rings (SSSR count). The number of piperidine rings is 2. The topological polar surface area (TPSA) is 120 Å². The Morgan fingerprint density at radius 3 is 2.60 bits per heavy atom. The van der Waals surface area contributed by atoms with E-state index in [1.165, 1.54) is 9.80 Å². The maximum atomic E-state index is 13.2. The number of benzene rings is 1. The number of imide groups is 1. The van der Waals surface area contributed by atoms with Crippen molar-refractivity contribution < 1.29 is 24.3 Å². The van der Waals surface area contributed by atoms with Gasteiger partial charge in [0, 0.05) is 31.1 Å². The highest BCUT2D eigenvalue weighted by Crippen LogP contribution is 2.59. The molecule has 4 heterocycles. The predicted octanol–water partition coefficient (Wildman–Crippen LogP) is 1.32. The highest BCUT2D eigenvalue weighted by atomic mass is 16.4. The molecule has 3 fully saturated rings. The first kappa shape index (κ1) is 17.4. The first-order valence-electron chi connectivity index (χ1n) is 10.0. The molecule has 0 bridgehead atoms. The van der Waals surface area contributed by atoms with Crippen molar-refractivity contribution in [2.75, 3.05) is 18.0 Å². The van der Waals surface area contributed by atoms with Crippen molar-refractivity contribution in [1.82, 2.24) is 15.2 Å². The van der Waals surface area contributed by atoms with Gasteiger partial charge in [0.2, 0.25) is 11.8 Å². The summed E-state index contributed by atoms with van der Waals surface area (Å²) in [5, 5.41) is 12.3. The quantitative estimate of drug-likeness (QED) is 0.726. The van der Waals surface area contributed by atoms with Crippen molar-refractivity contribution in [3.05, 3.63) is 35.5 Å². The second-order valence-corrected chi connectivity index (χ2v) is 8.44. The molecular weight excluding hydrogens is 388 g/mol. The number of nitrogens with one attached hydrogen (secondary N) is 1. The number of carbonyl (C=O) groups is 4. The highest BCUT2D eigenvalue weighted by Gasteiger charge is 2.58. The van der Waals surface area contributed by atoms with Crippen LogP contribution < -0.4 is 10.2 Å². The van der Waals surface area contributed by atoms with Crippen LogP contribution in [0, 0.1) is 11.8 Å². The zero-order valence-corrected chi connectivity index (χ0v) is 15.9. The van der Waals surface area contributed by atoms with Gasteiger partial charge in [-0.2, -0.15) is 0 Å². The molecule has 2 aromatic rings. The molecule has 2 saturated heterocycles. The summed E-state index contributed by atoms with van der Waals surface area (Å²) in [5.41, 5.74) is 2.94. The minimum atomic E-state index is -0.884. The minimum Gasteiger partial charge on any atom is -0.465 e. The fraction of sp³-hybridized carbons (Fsp3) is 0.381. The van der Waals surface area contributed by atoms with E-state index in [0.29, 0.717) is 30.8 Å². The van der Waals surface area contributed by atoms with Crippen LogP contribution in [-0.2, 0) is 9.59 Å². The molecule has 0 radical (unpaired) electrons. The van der Waals surface area contributed by atoms with Gasteiger partial charge in [-0.3, -0.25) is 29.6 Å². The molecule has 0 spiro atoms. The smallest absolute Gasteiger partial charge is 0.407 e. The molecule has 9 nitrogen and oxygen atoms in total. The third-order valence-corrected chi connectivity index (χ3v) is 6.96. The molecule has 3 atom stereocenters. The van der Waals surface area contributed by atoms with E-state index in [0.717, 1.165) is 16.5 Å². The monoisotopic (exact) mass is 406 g/mol. The number of carboxylic acid groups (broad SMARTS) is 1. The number of nitrogens with zero attached hydrogens (tertiary/aromatic N) is 3.